The van der Waals surface area contributed by atoms with E-state index in [1.54, 1.807) is 11.6 Å². The van der Waals surface area contributed by atoms with E-state index in [0.717, 1.165) is 25.7 Å². The lowest BCUT2D eigenvalue weighted by atomic mass is 10.4. The highest BCUT2D eigenvalue weighted by Gasteiger charge is 2.37. The fourth-order valence-corrected chi connectivity index (χ4v) is 3.67. The fourth-order valence-electron chi connectivity index (χ4n) is 2.22. The SMILES string of the molecule is CN(C1CC1)S(=O)(=O)c1cc(C(=O)O)n(C2CC2)c1. The molecule has 1 aromatic rings. The highest BCUT2D eigenvalue weighted by molar-refractivity contribution is 7.89. The number of carboxylic acids is 1. The van der Waals surface area contributed by atoms with Crippen molar-refractivity contribution in [2.75, 3.05) is 7.05 Å². The van der Waals surface area contributed by atoms with Crippen molar-refractivity contribution in [1.29, 1.82) is 0 Å². The minimum absolute atomic E-state index is 0.0604. The maximum absolute atomic E-state index is 12.4. The van der Waals surface area contributed by atoms with Crippen LogP contribution in [0.15, 0.2) is 17.2 Å². The predicted octanol–water partition coefficient (Wildman–Crippen LogP) is 1.30. The molecule has 7 heteroatoms. The van der Waals surface area contributed by atoms with E-state index in [0.29, 0.717) is 0 Å². The minimum Gasteiger partial charge on any atom is -0.477 e. The van der Waals surface area contributed by atoms with E-state index in [9.17, 15) is 13.2 Å². The minimum atomic E-state index is -3.57. The van der Waals surface area contributed by atoms with Gasteiger partial charge in [0, 0.05) is 25.3 Å². The van der Waals surface area contributed by atoms with Crippen LogP contribution >= 0.6 is 0 Å². The zero-order valence-corrected chi connectivity index (χ0v) is 11.4. The molecule has 0 aromatic carbocycles. The van der Waals surface area contributed by atoms with Crippen molar-refractivity contribution in [3.63, 3.8) is 0 Å². The smallest absolute Gasteiger partial charge is 0.352 e. The predicted molar refractivity (Wildman–Crippen MR) is 67.6 cm³/mol. The fraction of sp³-hybridized carbons (Fsp3) is 0.583. The van der Waals surface area contributed by atoms with Crippen LogP contribution in [-0.2, 0) is 10.0 Å². The highest BCUT2D eigenvalue weighted by atomic mass is 32.2. The van der Waals surface area contributed by atoms with Crippen molar-refractivity contribution in [2.24, 2.45) is 0 Å². The summed E-state index contributed by atoms with van der Waals surface area (Å²) >= 11 is 0. The normalized spacial score (nSPS) is 19.9. The highest BCUT2D eigenvalue weighted by Crippen LogP contribution is 2.38. The quantitative estimate of drug-likeness (QED) is 0.884. The molecule has 0 saturated heterocycles. The summed E-state index contributed by atoms with van der Waals surface area (Å²) < 4.78 is 27.7. The molecule has 0 bridgehead atoms. The van der Waals surface area contributed by atoms with E-state index in [1.165, 1.54) is 16.6 Å². The van der Waals surface area contributed by atoms with Crippen LogP contribution in [-0.4, -0.2) is 41.5 Å². The van der Waals surface area contributed by atoms with Gasteiger partial charge >= 0.3 is 5.97 Å². The number of carbonyl (C=O) groups is 1. The molecule has 0 spiro atoms. The molecule has 19 heavy (non-hydrogen) atoms. The zero-order chi connectivity index (χ0) is 13.8. The number of carboxylic acid groups (broad SMARTS) is 1. The third-order valence-electron chi connectivity index (χ3n) is 3.72. The Hall–Kier alpha value is -1.34. The van der Waals surface area contributed by atoms with Crippen LogP contribution in [0.5, 0.6) is 0 Å². The average Bonchev–Trinajstić information content (AvgIpc) is 3.25. The van der Waals surface area contributed by atoms with E-state index in [4.69, 9.17) is 5.11 Å². The van der Waals surface area contributed by atoms with Gasteiger partial charge in [0.25, 0.3) is 0 Å². The zero-order valence-electron chi connectivity index (χ0n) is 10.6. The lowest BCUT2D eigenvalue weighted by Gasteiger charge is -2.14. The Labute approximate surface area is 111 Å². The molecule has 2 fully saturated rings. The van der Waals surface area contributed by atoms with Crippen LogP contribution in [0, 0.1) is 0 Å². The summed E-state index contributed by atoms with van der Waals surface area (Å²) in [5, 5.41) is 9.15. The topological polar surface area (TPSA) is 79.6 Å². The Balaban J connectivity index is 2.00. The number of aromatic carboxylic acids is 1. The van der Waals surface area contributed by atoms with Crippen molar-refractivity contribution in [2.45, 2.75) is 42.7 Å². The van der Waals surface area contributed by atoms with E-state index in [1.807, 2.05) is 0 Å². The summed E-state index contributed by atoms with van der Waals surface area (Å²) in [7, 11) is -2.01. The van der Waals surface area contributed by atoms with E-state index in [2.05, 4.69) is 0 Å². The number of hydrogen-bond donors (Lipinski definition) is 1. The lowest BCUT2D eigenvalue weighted by Crippen LogP contribution is -2.28. The van der Waals surface area contributed by atoms with Gasteiger partial charge in [-0.2, -0.15) is 4.31 Å². The monoisotopic (exact) mass is 284 g/mol. The molecule has 2 aliphatic rings. The van der Waals surface area contributed by atoms with Crippen LogP contribution in [0.4, 0.5) is 0 Å². The summed E-state index contributed by atoms with van der Waals surface area (Å²) in [6.07, 6.45) is 5.05. The molecule has 0 atom stereocenters. The first-order chi connectivity index (χ1) is 8.91. The first-order valence-corrected chi connectivity index (χ1v) is 7.78. The third kappa shape index (κ3) is 2.17. The van der Waals surface area contributed by atoms with Gasteiger partial charge in [-0.1, -0.05) is 0 Å². The number of aromatic nitrogens is 1. The van der Waals surface area contributed by atoms with Gasteiger partial charge in [-0.05, 0) is 31.7 Å². The first-order valence-electron chi connectivity index (χ1n) is 6.34. The molecule has 104 valence electrons. The van der Waals surface area contributed by atoms with Crippen molar-refractivity contribution in [1.82, 2.24) is 8.87 Å². The molecule has 0 radical (unpaired) electrons. The summed E-state index contributed by atoms with van der Waals surface area (Å²) in [6.45, 7) is 0. The summed E-state index contributed by atoms with van der Waals surface area (Å²) in [6, 6.07) is 1.48. The Morgan fingerprint density at radius 1 is 1.37 bits per heavy atom. The van der Waals surface area contributed by atoms with Gasteiger partial charge in [-0.3, -0.25) is 0 Å². The summed E-state index contributed by atoms with van der Waals surface area (Å²) in [5.41, 5.74) is 0.0604. The van der Waals surface area contributed by atoms with Gasteiger partial charge < -0.3 is 9.67 Å². The Morgan fingerprint density at radius 2 is 2.00 bits per heavy atom. The Kier molecular flexibility index (Phi) is 2.72. The molecule has 2 saturated carbocycles. The van der Waals surface area contributed by atoms with E-state index < -0.39 is 16.0 Å². The van der Waals surface area contributed by atoms with Crippen molar-refractivity contribution in [3.8, 4) is 0 Å². The molecule has 2 aliphatic carbocycles. The molecule has 0 unspecified atom stereocenters. The molecule has 0 amide bonds. The number of rotatable bonds is 5. The Morgan fingerprint density at radius 3 is 2.47 bits per heavy atom. The van der Waals surface area contributed by atoms with Gasteiger partial charge in [0.2, 0.25) is 10.0 Å². The standard InChI is InChI=1S/C12H16N2O4S/c1-13(8-2-3-8)19(17,18)10-6-11(12(15)16)14(7-10)9-4-5-9/h6-9H,2-5H2,1H3,(H,15,16). The average molecular weight is 284 g/mol. The van der Waals surface area contributed by atoms with Crippen LogP contribution in [0.25, 0.3) is 0 Å². The molecule has 1 N–H and O–H groups in total. The van der Waals surface area contributed by atoms with Crippen LogP contribution in [0.2, 0.25) is 0 Å². The van der Waals surface area contributed by atoms with Gasteiger partial charge in [-0.15, -0.1) is 0 Å². The number of sulfonamides is 1. The van der Waals surface area contributed by atoms with Gasteiger partial charge in [0.1, 0.15) is 10.6 Å². The second-order valence-corrected chi connectivity index (χ2v) is 7.25. The Bertz CT molecular complexity index is 626. The van der Waals surface area contributed by atoms with Gasteiger partial charge in [0.05, 0.1) is 0 Å². The van der Waals surface area contributed by atoms with Gasteiger partial charge in [-0.25, -0.2) is 13.2 Å². The maximum atomic E-state index is 12.4. The van der Waals surface area contributed by atoms with E-state index >= 15 is 0 Å². The van der Waals surface area contributed by atoms with E-state index in [-0.39, 0.29) is 22.7 Å². The number of hydrogen-bond acceptors (Lipinski definition) is 3. The molecule has 0 aliphatic heterocycles. The molecular weight excluding hydrogens is 268 g/mol. The number of nitrogens with zero attached hydrogens (tertiary/aromatic N) is 2. The molecule has 3 rings (SSSR count). The van der Waals surface area contributed by atoms with Crippen molar-refractivity contribution < 1.29 is 18.3 Å². The lowest BCUT2D eigenvalue weighted by molar-refractivity contribution is 0.0685. The molecular formula is C12H16N2O4S. The molecule has 6 nitrogen and oxygen atoms in total. The summed E-state index contributed by atoms with van der Waals surface area (Å²) in [4.78, 5) is 11.3. The van der Waals surface area contributed by atoms with Crippen molar-refractivity contribution >= 4 is 16.0 Å². The first kappa shape index (κ1) is 12.7. The van der Waals surface area contributed by atoms with Crippen LogP contribution in [0.1, 0.15) is 42.2 Å². The van der Waals surface area contributed by atoms with Crippen LogP contribution < -0.4 is 0 Å². The molecule has 1 heterocycles. The van der Waals surface area contributed by atoms with Crippen molar-refractivity contribution in [3.05, 3.63) is 18.0 Å². The third-order valence-corrected chi connectivity index (χ3v) is 5.60. The second-order valence-electron chi connectivity index (χ2n) is 5.26. The second kappa shape index (κ2) is 4.08. The van der Waals surface area contributed by atoms with Gasteiger partial charge in [0.15, 0.2) is 0 Å². The molecule has 1 aromatic heterocycles. The largest absolute Gasteiger partial charge is 0.477 e. The summed E-state index contributed by atoms with van der Waals surface area (Å²) in [5.74, 6) is -1.08. The maximum Gasteiger partial charge on any atom is 0.352 e. The van der Waals surface area contributed by atoms with Crippen LogP contribution in [0.3, 0.4) is 0 Å².